The van der Waals surface area contributed by atoms with Crippen molar-refractivity contribution in [3.8, 4) is 57.1 Å². The number of rotatable bonds is 13. The Hall–Kier alpha value is -9.20. The van der Waals surface area contributed by atoms with Gasteiger partial charge in [-0.05, 0) is 110 Å². The predicted molar refractivity (Wildman–Crippen MR) is 349 cm³/mol. The van der Waals surface area contributed by atoms with Crippen LogP contribution in [-0.4, -0.2) is 191 Å². The Morgan fingerprint density at radius 2 is 1.33 bits per heavy atom. The van der Waals surface area contributed by atoms with E-state index in [2.05, 4.69) is 37.2 Å². The summed E-state index contributed by atoms with van der Waals surface area (Å²) in [4.78, 5) is 118. The molecular formula is C66H75Cl2N9O24. The first-order valence-electron chi connectivity index (χ1n) is 31.6. The van der Waals surface area contributed by atoms with Crippen molar-refractivity contribution in [1.82, 2.24) is 37.2 Å². The zero-order valence-electron chi connectivity index (χ0n) is 54.3. The molecule has 35 heteroatoms. The van der Waals surface area contributed by atoms with Crippen molar-refractivity contribution in [2.75, 3.05) is 13.7 Å². The lowest BCUT2D eigenvalue weighted by molar-refractivity contribution is -0.277. The number of nitrogens with one attached hydrogen (secondary N) is 7. The maximum absolute atomic E-state index is 16.1. The number of phenolic OH excluding ortho intramolecular Hbond substituents is 3. The van der Waals surface area contributed by atoms with Gasteiger partial charge in [-0.3, -0.25) is 33.6 Å². The molecule has 33 nitrogen and oxygen atoms in total. The molecular weight excluding hydrogens is 1370 g/mol. The van der Waals surface area contributed by atoms with Crippen molar-refractivity contribution in [2.45, 2.75) is 156 Å². The fourth-order valence-corrected chi connectivity index (χ4v) is 12.9. The van der Waals surface area contributed by atoms with Gasteiger partial charge in [-0.2, -0.15) is 0 Å². The molecule has 0 saturated carbocycles. The number of carbonyl (C=O) groups excluding carboxylic acids is 7. The van der Waals surface area contributed by atoms with Gasteiger partial charge >= 0.3 is 5.97 Å². The van der Waals surface area contributed by atoms with Gasteiger partial charge in [-0.25, -0.2) is 4.79 Å². The van der Waals surface area contributed by atoms with Gasteiger partial charge < -0.3 is 128 Å². The molecule has 0 radical (unpaired) electrons. The molecule has 7 heterocycles. The maximum Gasteiger partial charge on any atom is 0.330 e. The van der Waals surface area contributed by atoms with E-state index in [1.165, 1.54) is 45.2 Å². The molecule has 11 bridgehead atoms. The molecule has 7 aliphatic rings. The number of hydrogen-bond donors (Lipinski definition) is 19. The molecule has 0 unspecified atom stereocenters. The number of hydrogen-bond acceptors (Lipinski definition) is 25. The average Bonchev–Trinajstić information content (AvgIpc) is 0.770. The number of carboxylic acids is 1. The molecule has 0 spiro atoms. The summed E-state index contributed by atoms with van der Waals surface area (Å²) in [6, 6.07) is -0.386. The third-order valence-electron chi connectivity index (χ3n) is 17.8. The molecule has 18 atom stereocenters. The number of amides is 7. The second kappa shape index (κ2) is 30.2. The van der Waals surface area contributed by atoms with Crippen LogP contribution in [0, 0.1) is 5.92 Å². The normalized spacial score (nSPS) is 29.4. The third-order valence-corrected chi connectivity index (χ3v) is 18.4. The Bertz CT molecular complexity index is 4070. The molecule has 7 aliphatic heterocycles. The van der Waals surface area contributed by atoms with Crippen LogP contribution >= 0.6 is 23.2 Å². The molecule has 101 heavy (non-hydrogen) atoms. The predicted octanol–water partition coefficient (Wildman–Crippen LogP) is 0.106. The van der Waals surface area contributed by atoms with E-state index >= 15 is 19.2 Å². The van der Waals surface area contributed by atoms with Crippen LogP contribution in [0.1, 0.15) is 105 Å². The number of aromatic hydroxyl groups is 3. The summed E-state index contributed by atoms with van der Waals surface area (Å²) in [5.74, 6) is -16.0. The number of aliphatic hydroxyl groups is 6. The van der Waals surface area contributed by atoms with Gasteiger partial charge in [-0.1, -0.05) is 55.2 Å². The quantitative estimate of drug-likeness (QED) is 0.0743. The van der Waals surface area contributed by atoms with Crippen LogP contribution in [0.2, 0.25) is 10.0 Å². The van der Waals surface area contributed by atoms with Crippen LogP contribution < -0.4 is 62.9 Å². The summed E-state index contributed by atoms with van der Waals surface area (Å²) in [6.07, 6.45) is -19.0. The van der Waals surface area contributed by atoms with Crippen LogP contribution in [-0.2, 0) is 52.6 Å². The lowest BCUT2D eigenvalue weighted by atomic mass is 9.86. The molecule has 21 N–H and O–H groups in total. The van der Waals surface area contributed by atoms with Crippen LogP contribution in [0.15, 0.2) is 78.9 Å². The van der Waals surface area contributed by atoms with E-state index in [0.717, 1.165) is 54.6 Å². The van der Waals surface area contributed by atoms with Crippen LogP contribution in [0.4, 0.5) is 0 Å². The number of benzene rings is 5. The highest BCUT2D eigenvalue weighted by atomic mass is 35.5. The number of fused-ring (bicyclic) bond motifs is 15. The monoisotopic (exact) mass is 1450 g/mol. The summed E-state index contributed by atoms with van der Waals surface area (Å²) in [5.41, 5.74) is 8.15. The summed E-state index contributed by atoms with van der Waals surface area (Å²) >= 11 is 14.2. The fourth-order valence-electron chi connectivity index (χ4n) is 12.5. The van der Waals surface area contributed by atoms with E-state index in [9.17, 15) is 70.2 Å². The fraction of sp³-hybridized carbons (Fsp3) is 0.424. The highest BCUT2D eigenvalue weighted by molar-refractivity contribution is 6.32. The van der Waals surface area contributed by atoms with Gasteiger partial charge in [0.1, 0.15) is 95.6 Å². The Morgan fingerprint density at radius 3 is 1.93 bits per heavy atom. The van der Waals surface area contributed by atoms with Gasteiger partial charge in [-0.15, -0.1) is 0 Å². The summed E-state index contributed by atoms with van der Waals surface area (Å²) in [6.45, 7) is 5.60. The number of primary amides is 1. The van der Waals surface area contributed by atoms with Gasteiger partial charge in [0, 0.05) is 34.7 Å². The largest absolute Gasteiger partial charge is 0.508 e. The second-order valence-corrected chi connectivity index (χ2v) is 26.5. The number of nitrogens with two attached hydrogens (primary N) is 2. The SMILES string of the molecule is CN[C@H](CC(C)C)C(=O)N[C@H]1C(=O)N[C@@H](CC(N)=O)C(=O)N[C@H]2C(=O)N[C@H]3C(=O)N[C@H](C(=O)N[C@H](C(=O)O)c4cc(O)cc(O)c4-c4cc3ccc4O)[C@H](O[C@H]3C[C@](C)(N)[C@H](O)[C@H](C)O3)c3ccc(c(Cl)c3)Oc3cc2cc(c3O[C@@H]2O[C@H](CO)[C@@H](O)[C@H](O)[C@H]2O)Oc2ccc(cc2Cl)[C@H]1O. The third kappa shape index (κ3) is 15.8. The number of halogens is 2. The van der Waals surface area contributed by atoms with E-state index in [4.69, 9.17) is 63.1 Å². The lowest BCUT2D eigenvalue weighted by Gasteiger charge is -2.44. The highest BCUT2D eigenvalue weighted by Gasteiger charge is 2.49. The summed E-state index contributed by atoms with van der Waals surface area (Å²) in [5, 5.41) is 129. The summed E-state index contributed by atoms with van der Waals surface area (Å²) in [7, 11) is 1.47. The van der Waals surface area contributed by atoms with Crippen LogP contribution in [0.3, 0.4) is 0 Å². The standard InChI is InChI=1S/C66H75Cl2N9O24/c1-23(2)12-34(71-5)58(88)76-49-51(83)26-7-10-38(32(67)14-26)97-40-16-28-17-41(56(40)101-65-54(86)53(85)52(84)42(22-78)99-65)98-39-11-8-27(15-33(39)68)55(100-44-21-66(4,70)57(87)24(3)96-44)50-63(93)75-48(64(94)95)31-18-29(79)19-37(81)45(31)30-13-25(6-9-36(30)80)46(60(90)77-50)74-61(91)47(28)73-59(89)35(20-43(69)82)72-62(49)92/h6-11,13-19,23-24,34-35,42,44,46-55,57,65,71,78-81,83-87H,12,20-22,70H2,1-5H3,(H2,69,82)(H,72,92)(H,73,89)(H,74,91)(H,75,93)(H,76,88)(H,77,90)(H,94,95)/t24-,34+,35-,42+,44-,46+,47+,48-,49+,50-,51+,52+,53-,54+,55+,57+,65-,66-/m0/s1. The molecule has 7 amide bonds. The first-order chi connectivity index (χ1) is 47.7. The number of ether oxygens (including phenoxy) is 6. The van der Waals surface area contributed by atoms with Crippen molar-refractivity contribution in [3.05, 3.63) is 117 Å². The molecule has 542 valence electrons. The molecule has 0 aromatic heterocycles. The van der Waals surface area contributed by atoms with E-state index in [1.54, 1.807) is 0 Å². The molecule has 5 aromatic rings. The maximum atomic E-state index is 16.1. The minimum absolute atomic E-state index is 0.0953. The zero-order chi connectivity index (χ0) is 73.5. The Kier molecular flexibility index (Phi) is 22.2. The van der Waals surface area contributed by atoms with E-state index < -0.39 is 231 Å². The van der Waals surface area contributed by atoms with Crippen molar-refractivity contribution in [2.24, 2.45) is 17.4 Å². The number of aliphatic hydroxyl groups excluding tert-OH is 6. The Balaban J connectivity index is 1.26. The molecule has 5 aromatic carbocycles. The molecule has 0 aliphatic carbocycles. The number of phenols is 3. The topological polar surface area (TPSA) is 530 Å². The minimum Gasteiger partial charge on any atom is -0.508 e. The molecule has 12 rings (SSSR count). The Labute approximate surface area is 584 Å². The smallest absolute Gasteiger partial charge is 0.330 e. The number of likely N-dealkylation sites (N-methyl/N-ethyl adjacent to an activating group) is 1. The van der Waals surface area contributed by atoms with E-state index in [-0.39, 0.29) is 52.0 Å². The van der Waals surface area contributed by atoms with Crippen molar-refractivity contribution < 1.29 is 118 Å². The van der Waals surface area contributed by atoms with Crippen molar-refractivity contribution in [3.63, 3.8) is 0 Å². The average molecular weight is 1450 g/mol. The molecule has 2 saturated heterocycles. The lowest BCUT2D eigenvalue weighted by Crippen LogP contribution is -2.61. The Morgan fingerprint density at radius 1 is 0.713 bits per heavy atom. The highest BCUT2D eigenvalue weighted by Crippen LogP contribution is 2.50. The first kappa shape index (κ1) is 74.5. The van der Waals surface area contributed by atoms with Crippen molar-refractivity contribution >= 4 is 70.5 Å². The number of carboxylic acid groups (broad SMARTS) is 1. The number of carbonyl (C=O) groups is 8. The minimum atomic E-state index is -2.35. The van der Waals surface area contributed by atoms with Crippen LogP contribution in [0.25, 0.3) is 11.1 Å². The van der Waals surface area contributed by atoms with E-state index in [1.807, 2.05) is 13.8 Å². The van der Waals surface area contributed by atoms with Gasteiger partial charge in [0.15, 0.2) is 23.8 Å². The van der Waals surface area contributed by atoms with Crippen LogP contribution in [0.5, 0.6) is 46.0 Å². The molecule has 2 fully saturated rings. The van der Waals surface area contributed by atoms with E-state index in [0.29, 0.717) is 0 Å². The zero-order valence-corrected chi connectivity index (χ0v) is 55.8. The van der Waals surface area contributed by atoms with Gasteiger partial charge in [0.05, 0.1) is 41.3 Å². The number of aliphatic carboxylic acids is 1. The first-order valence-corrected chi connectivity index (χ1v) is 32.4. The van der Waals surface area contributed by atoms with Crippen molar-refractivity contribution in [1.29, 1.82) is 0 Å². The second-order valence-electron chi connectivity index (χ2n) is 25.7. The van der Waals surface area contributed by atoms with Gasteiger partial charge in [0.25, 0.3) is 0 Å². The summed E-state index contributed by atoms with van der Waals surface area (Å²) < 4.78 is 38.0. The van der Waals surface area contributed by atoms with Gasteiger partial charge in [0.2, 0.25) is 53.4 Å².